The second kappa shape index (κ2) is 13.5. The lowest BCUT2D eigenvalue weighted by Gasteiger charge is -2.35. The zero-order valence-corrected chi connectivity index (χ0v) is 31.4. The lowest BCUT2D eigenvalue weighted by Crippen LogP contribution is -2.31. The monoisotopic (exact) mass is 727 g/mol. The lowest BCUT2D eigenvalue weighted by atomic mass is 9.89. The Hall–Kier alpha value is -7.26. The molecule has 2 aliphatic rings. The van der Waals surface area contributed by atoms with Crippen molar-refractivity contribution in [3.05, 3.63) is 241 Å². The van der Waals surface area contributed by atoms with Crippen LogP contribution in [0.3, 0.4) is 0 Å². The molecule has 2 unspecified atom stereocenters. The maximum atomic E-state index is 3.60. The van der Waals surface area contributed by atoms with E-state index in [-0.39, 0.29) is 5.92 Å². The molecule has 0 fully saturated rings. The van der Waals surface area contributed by atoms with Crippen LogP contribution in [0.15, 0.2) is 224 Å². The van der Waals surface area contributed by atoms with E-state index in [9.17, 15) is 0 Å². The third-order valence-electron chi connectivity index (χ3n) is 12.0. The van der Waals surface area contributed by atoms with Crippen LogP contribution in [0.2, 0.25) is 0 Å². The number of rotatable bonds is 7. The average molecular weight is 728 g/mol. The summed E-state index contributed by atoms with van der Waals surface area (Å²) in [4.78, 5) is 0. The van der Waals surface area contributed by atoms with Gasteiger partial charge < -0.3 is 5.32 Å². The van der Waals surface area contributed by atoms with Gasteiger partial charge in [0.25, 0.3) is 0 Å². The standard InChI is InChI=1S/C55H39N2/c1-4-14-38(15-5-1)39-24-29-43(30-25-39)56-44-31-26-40(27-32-44)42-28-35-54-51(36-42)49-21-12-13-23-53(49)57(54,45-18-8-3-9-19-45)46-33-34-48-47-20-10-11-22-50(47)55(52(48)37-46)41-16-6-2-7-17-41/h1-37,55-56H/q+1. The first-order valence-electron chi connectivity index (χ1n) is 19.8. The summed E-state index contributed by atoms with van der Waals surface area (Å²) in [5.41, 5.74) is 21.1. The fourth-order valence-corrected chi connectivity index (χ4v) is 9.40. The Morgan fingerprint density at radius 3 is 1.56 bits per heavy atom. The number of nitrogens with one attached hydrogen (secondary N) is 1. The fourth-order valence-electron chi connectivity index (χ4n) is 9.40. The van der Waals surface area contributed by atoms with Gasteiger partial charge in [-0.1, -0.05) is 140 Å². The van der Waals surface area contributed by atoms with Crippen molar-refractivity contribution in [3.63, 3.8) is 0 Å². The Labute approximate surface area is 334 Å². The molecule has 0 bridgehead atoms. The maximum Gasteiger partial charge on any atom is 0.156 e. The maximum absolute atomic E-state index is 3.60. The molecule has 0 saturated heterocycles. The smallest absolute Gasteiger partial charge is 0.156 e. The summed E-state index contributed by atoms with van der Waals surface area (Å²) >= 11 is 0. The summed E-state index contributed by atoms with van der Waals surface area (Å²) in [6, 6.07) is 82.2. The van der Waals surface area contributed by atoms with Gasteiger partial charge in [-0.2, -0.15) is 4.48 Å². The summed E-state index contributed by atoms with van der Waals surface area (Å²) in [6.45, 7) is 0. The Balaban J connectivity index is 1.00. The van der Waals surface area contributed by atoms with Crippen molar-refractivity contribution in [2.45, 2.75) is 5.92 Å². The van der Waals surface area contributed by atoms with E-state index in [1.165, 1.54) is 83.9 Å². The lowest BCUT2D eigenvalue weighted by molar-refractivity contribution is 0.720. The first kappa shape index (κ1) is 33.1. The van der Waals surface area contributed by atoms with Gasteiger partial charge in [0.2, 0.25) is 0 Å². The molecule has 0 saturated carbocycles. The van der Waals surface area contributed by atoms with Crippen molar-refractivity contribution in [2.24, 2.45) is 0 Å². The molecule has 0 radical (unpaired) electrons. The molecule has 2 nitrogen and oxygen atoms in total. The van der Waals surface area contributed by atoms with E-state index in [1.807, 2.05) is 0 Å². The third-order valence-corrected chi connectivity index (χ3v) is 12.0. The van der Waals surface area contributed by atoms with E-state index in [1.54, 1.807) is 0 Å². The van der Waals surface area contributed by atoms with Gasteiger partial charge in [0.15, 0.2) is 11.4 Å². The molecule has 0 spiro atoms. The third kappa shape index (κ3) is 5.38. The average Bonchev–Trinajstić information content (AvgIpc) is 3.78. The summed E-state index contributed by atoms with van der Waals surface area (Å²) in [5.74, 6) is 0.166. The highest BCUT2D eigenvalue weighted by Gasteiger charge is 2.48. The van der Waals surface area contributed by atoms with Crippen LogP contribution in [0.4, 0.5) is 34.1 Å². The second-order valence-corrected chi connectivity index (χ2v) is 15.1. The highest BCUT2D eigenvalue weighted by molar-refractivity contribution is 6.04. The number of nitrogens with zero attached hydrogens (tertiary/aromatic N) is 1. The van der Waals surface area contributed by atoms with Crippen LogP contribution in [-0.2, 0) is 0 Å². The zero-order valence-electron chi connectivity index (χ0n) is 31.4. The quantitative estimate of drug-likeness (QED) is 0.161. The predicted octanol–water partition coefficient (Wildman–Crippen LogP) is 15.2. The number of hydrogen-bond donors (Lipinski definition) is 1. The molecule has 1 aliphatic carbocycles. The van der Waals surface area contributed by atoms with Crippen molar-refractivity contribution in [2.75, 3.05) is 5.32 Å². The molecule has 0 aromatic heterocycles. The van der Waals surface area contributed by atoms with Crippen LogP contribution in [0.25, 0.3) is 44.5 Å². The number of benzene rings is 9. The van der Waals surface area contributed by atoms with E-state index in [0.717, 1.165) is 11.4 Å². The van der Waals surface area contributed by atoms with Gasteiger partial charge in [0.05, 0.1) is 11.1 Å². The van der Waals surface area contributed by atoms with Gasteiger partial charge in [-0.25, -0.2) is 0 Å². The number of anilines is 2. The molecule has 9 aromatic rings. The van der Waals surface area contributed by atoms with Crippen LogP contribution in [-0.4, -0.2) is 0 Å². The normalized spacial score (nSPS) is 16.0. The van der Waals surface area contributed by atoms with E-state index in [2.05, 4.69) is 230 Å². The van der Waals surface area contributed by atoms with Gasteiger partial charge in [-0.3, -0.25) is 0 Å². The van der Waals surface area contributed by atoms with E-state index in [0.29, 0.717) is 4.48 Å². The van der Waals surface area contributed by atoms with E-state index >= 15 is 0 Å². The molecule has 9 aromatic carbocycles. The van der Waals surface area contributed by atoms with Gasteiger partial charge >= 0.3 is 0 Å². The van der Waals surface area contributed by atoms with Crippen LogP contribution in [0.1, 0.15) is 22.6 Å². The Morgan fingerprint density at radius 1 is 0.316 bits per heavy atom. The largest absolute Gasteiger partial charge is 0.356 e. The molecule has 1 N–H and O–H groups in total. The Kier molecular flexibility index (Phi) is 7.84. The van der Waals surface area contributed by atoms with Crippen LogP contribution < -0.4 is 9.80 Å². The molecular weight excluding hydrogens is 689 g/mol. The minimum Gasteiger partial charge on any atom is -0.356 e. The van der Waals surface area contributed by atoms with Gasteiger partial charge in [-0.15, -0.1) is 0 Å². The highest BCUT2D eigenvalue weighted by atomic mass is 15.4. The first-order valence-corrected chi connectivity index (χ1v) is 19.8. The number of quaternary nitrogens is 1. The van der Waals surface area contributed by atoms with Crippen LogP contribution in [0, 0.1) is 0 Å². The highest BCUT2D eigenvalue weighted by Crippen LogP contribution is 2.63. The van der Waals surface area contributed by atoms with Gasteiger partial charge in [0, 0.05) is 53.7 Å². The molecule has 57 heavy (non-hydrogen) atoms. The van der Waals surface area contributed by atoms with Gasteiger partial charge in [-0.05, 0) is 98.6 Å². The number of hydrogen-bond acceptors (Lipinski definition) is 1. The van der Waals surface area contributed by atoms with Crippen molar-refractivity contribution in [1.82, 2.24) is 4.48 Å². The van der Waals surface area contributed by atoms with Crippen molar-refractivity contribution in [1.29, 1.82) is 0 Å². The number of fused-ring (bicyclic) bond motifs is 6. The minimum absolute atomic E-state index is 0.166. The summed E-state index contributed by atoms with van der Waals surface area (Å²) < 4.78 is 0.518. The molecule has 11 rings (SSSR count). The van der Waals surface area contributed by atoms with Gasteiger partial charge in [0.1, 0.15) is 11.4 Å². The molecule has 2 atom stereocenters. The summed E-state index contributed by atoms with van der Waals surface area (Å²) in [6.07, 6.45) is 0. The van der Waals surface area contributed by atoms with E-state index in [4.69, 9.17) is 0 Å². The van der Waals surface area contributed by atoms with Crippen LogP contribution in [0.5, 0.6) is 0 Å². The SMILES string of the molecule is c1ccc(-c2ccc(Nc3ccc(-c4ccc5c(c4)-c4ccccc4[N+]5(c4ccccc4)c4ccc5c(c4)C(c4ccccc4)c4ccccc4-5)cc3)cc2)cc1. The molecule has 2 heteroatoms. The predicted molar refractivity (Wildman–Crippen MR) is 239 cm³/mol. The topological polar surface area (TPSA) is 12.0 Å². The fraction of sp³-hybridized carbons (Fsp3) is 0.0182. The molecule has 268 valence electrons. The zero-order chi connectivity index (χ0) is 37.8. The van der Waals surface area contributed by atoms with Crippen molar-refractivity contribution in [3.8, 4) is 44.5 Å². The molecular formula is C55H39N2+. The summed E-state index contributed by atoms with van der Waals surface area (Å²) in [7, 11) is 0. The molecule has 1 aliphatic heterocycles. The first-order chi connectivity index (χ1) is 28.3. The second-order valence-electron chi connectivity index (χ2n) is 15.1. The Morgan fingerprint density at radius 2 is 0.842 bits per heavy atom. The molecule has 0 amide bonds. The minimum atomic E-state index is 0.166. The summed E-state index contributed by atoms with van der Waals surface area (Å²) in [5, 5.41) is 3.60. The Bertz CT molecular complexity index is 2900. The number of para-hydroxylation sites is 2. The van der Waals surface area contributed by atoms with Crippen LogP contribution >= 0.6 is 0 Å². The van der Waals surface area contributed by atoms with E-state index < -0.39 is 0 Å². The van der Waals surface area contributed by atoms with Crippen molar-refractivity contribution < 1.29 is 0 Å². The van der Waals surface area contributed by atoms with Crippen molar-refractivity contribution >= 4 is 34.1 Å². The molecule has 1 heterocycles.